The molecule has 7 nitrogen and oxygen atoms in total. The first kappa shape index (κ1) is 28.0. The molecule has 0 unspecified atom stereocenters. The fourth-order valence-corrected chi connectivity index (χ4v) is 6.18. The zero-order valence-electron chi connectivity index (χ0n) is 23.9. The van der Waals surface area contributed by atoms with Crippen molar-refractivity contribution in [3.05, 3.63) is 124 Å². The monoisotopic (exact) mass is 571 g/mol. The van der Waals surface area contributed by atoms with Crippen LogP contribution in [0, 0.1) is 11.3 Å². The van der Waals surface area contributed by atoms with Gasteiger partial charge in [0, 0.05) is 25.6 Å². The molecule has 0 aromatic heterocycles. The number of nitriles is 1. The van der Waals surface area contributed by atoms with Crippen molar-refractivity contribution in [3.8, 4) is 17.2 Å². The highest BCUT2D eigenvalue weighted by atomic mass is 16.5. The van der Waals surface area contributed by atoms with Gasteiger partial charge in [0.15, 0.2) is 0 Å². The van der Waals surface area contributed by atoms with Crippen LogP contribution in [0.15, 0.2) is 91.0 Å². The van der Waals surface area contributed by atoms with E-state index in [4.69, 9.17) is 9.47 Å². The molecule has 1 N–H and O–H groups in total. The van der Waals surface area contributed by atoms with Gasteiger partial charge in [-0.1, -0.05) is 72.8 Å². The predicted octanol–water partition coefficient (Wildman–Crippen LogP) is 6.25. The molecule has 0 saturated heterocycles. The zero-order valence-corrected chi connectivity index (χ0v) is 23.9. The summed E-state index contributed by atoms with van der Waals surface area (Å²) in [5.41, 5.74) is 9.04. The van der Waals surface area contributed by atoms with E-state index in [0.717, 1.165) is 29.8 Å². The van der Waals surface area contributed by atoms with Gasteiger partial charge in [0.2, 0.25) is 0 Å². The molecule has 0 fully saturated rings. The standard InChI is InChI=1S/C36H33N3O4/c37-23-28-22-25(21-27-16-19-39(34(27)28)18-8-20-42-35(40)26-9-2-1-3-10-26)15-17-38-36(41)43-24-33-31-13-6-4-11-29(31)30-12-5-7-14-32(30)33/h1-7,9-14,21-22,33H,8,15-20,24H2,(H,38,41). The molecule has 43 heavy (non-hydrogen) atoms. The van der Waals surface area contributed by atoms with E-state index in [1.165, 1.54) is 22.3 Å². The molecule has 6 rings (SSSR count). The first-order valence-corrected chi connectivity index (χ1v) is 14.7. The lowest BCUT2D eigenvalue weighted by molar-refractivity contribution is 0.0502. The Morgan fingerprint density at radius 2 is 1.60 bits per heavy atom. The van der Waals surface area contributed by atoms with E-state index in [2.05, 4.69) is 46.6 Å². The molecule has 0 radical (unpaired) electrons. The van der Waals surface area contributed by atoms with Crippen molar-refractivity contribution < 1.29 is 19.1 Å². The zero-order chi connectivity index (χ0) is 29.6. The maximum absolute atomic E-state index is 12.6. The SMILES string of the molecule is N#Cc1cc(CCNC(=O)OCC2c3ccccc3-c3ccccc32)cc2c1N(CCCOC(=O)c1ccccc1)CC2. The molecule has 1 amide bonds. The molecule has 4 aromatic carbocycles. The van der Waals surface area contributed by atoms with E-state index in [1.54, 1.807) is 12.1 Å². The number of hydrogen-bond donors (Lipinski definition) is 1. The second-order valence-electron chi connectivity index (χ2n) is 10.9. The van der Waals surface area contributed by atoms with Crippen molar-refractivity contribution >= 4 is 17.7 Å². The number of benzene rings is 4. The van der Waals surface area contributed by atoms with Crippen molar-refractivity contribution in [1.29, 1.82) is 5.26 Å². The molecule has 0 saturated carbocycles. The lowest BCUT2D eigenvalue weighted by atomic mass is 9.98. The number of nitrogens with one attached hydrogen (secondary N) is 1. The smallest absolute Gasteiger partial charge is 0.407 e. The molecule has 0 atom stereocenters. The molecule has 4 aromatic rings. The number of alkyl carbamates (subject to hydrolysis) is 1. The highest BCUT2D eigenvalue weighted by Crippen LogP contribution is 2.44. The third-order valence-electron chi connectivity index (χ3n) is 8.18. The van der Waals surface area contributed by atoms with Crippen LogP contribution in [0.2, 0.25) is 0 Å². The number of esters is 1. The number of fused-ring (bicyclic) bond motifs is 4. The van der Waals surface area contributed by atoms with Crippen LogP contribution in [0.5, 0.6) is 0 Å². The van der Waals surface area contributed by atoms with E-state index >= 15 is 0 Å². The number of amides is 1. The molecule has 1 aliphatic heterocycles. The van der Waals surface area contributed by atoms with Gasteiger partial charge in [0.1, 0.15) is 12.7 Å². The first-order valence-electron chi connectivity index (χ1n) is 14.7. The van der Waals surface area contributed by atoms with Crippen LogP contribution in [-0.4, -0.2) is 44.9 Å². The number of anilines is 1. The molecule has 7 heteroatoms. The van der Waals surface area contributed by atoms with Crippen molar-refractivity contribution in [2.75, 3.05) is 37.7 Å². The fraction of sp³-hybridized carbons (Fsp3) is 0.250. The van der Waals surface area contributed by atoms with Gasteiger partial charge in [-0.05, 0) is 70.8 Å². The van der Waals surface area contributed by atoms with Gasteiger partial charge in [-0.3, -0.25) is 0 Å². The van der Waals surface area contributed by atoms with Crippen molar-refractivity contribution in [1.82, 2.24) is 5.32 Å². The lowest BCUT2D eigenvalue weighted by Crippen LogP contribution is -2.28. The Bertz CT molecular complexity index is 1630. The lowest BCUT2D eigenvalue weighted by Gasteiger charge is -2.21. The fourth-order valence-electron chi connectivity index (χ4n) is 6.18. The summed E-state index contributed by atoms with van der Waals surface area (Å²) in [6.45, 7) is 2.53. The number of nitrogens with zero attached hydrogens (tertiary/aromatic N) is 2. The maximum atomic E-state index is 12.6. The third kappa shape index (κ3) is 6.09. The van der Waals surface area contributed by atoms with Crippen LogP contribution >= 0.6 is 0 Å². The van der Waals surface area contributed by atoms with Gasteiger partial charge in [0.05, 0.1) is 23.4 Å². The Balaban J connectivity index is 0.986. The molecule has 0 spiro atoms. The molecular formula is C36H33N3O4. The Hall–Kier alpha value is -5.09. The summed E-state index contributed by atoms with van der Waals surface area (Å²) in [7, 11) is 0. The third-order valence-corrected chi connectivity index (χ3v) is 8.18. The Labute approximate surface area is 251 Å². The Morgan fingerprint density at radius 1 is 0.907 bits per heavy atom. The first-order chi connectivity index (χ1) is 21.1. The second kappa shape index (κ2) is 12.8. The van der Waals surface area contributed by atoms with Crippen LogP contribution in [0.25, 0.3) is 11.1 Å². The number of hydrogen-bond acceptors (Lipinski definition) is 6. The summed E-state index contributed by atoms with van der Waals surface area (Å²) in [6, 6.07) is 31.9. The summed E-state index contributed by atoms with van der Waals surface area (Å²) < 4.78 is 11.1. The summed E-state index contributed by atoms with van der Waals surface area (Å²) in [6.07, 6.45) is 1.68. The number of carbonyl (C=O) groups is 2. The predicted molar refractivity (Wildman–Crippen MR) is 165 cm³/mol. The molecule has 1 aliphatic carbocycles. The highest BCUT2D eigenvalue weighted by Gasteiger charge is 2.29. The maximum Gasteiger partial charge on any atom is 0.407 e. The van der Waals surface area contributed by atoms with Crippen molar-refractivity contribution in [3.63, 3.8) is 0 Å². The van der Waals surface area contributed by atoms with Crippen LogP contribution in [0.4, 0.5) is 10.5 Å². The molecular weight excluding hydrogens is 538 g/mol. The Morgan fingerprint density at radius 3 is 2.33 bits per heavy atom. The van der Waals surface area contributed by atoms with E-state index in [9.17, 15) is 14.9 Å². The summed E-state index contributed by atoms with van der Waals surface area (Å²) in [4.78, 5) is 27.0. The molecule has 1 heterocycles. The van der Waals surface area contributed by atoms with Gasteiger partial charge in [-0.2, -0.15) is 5.26 Å². The normalized spacial score (nSPS) is 13.0. The molecule has 2 aliphatic rings. The molecule has 216 valence electrons. The number of rotatable bonds is 10. The minimum absolute atomic E-state index is 0.0203. The van der Waals surface area contributed by atoms with Crippen LogP contribution in [-0.2, 0) is 22.3 Å². The van der Waals surface area contributed by atoms with Gasteiger partial charge in [-0.25, -0.2) is 9.59 Å². The van der Waals surface area contributed by atoms with E-state index < -0.39 is 6.09 Å². The van der Waals surface area contributed by atoms with Gasteiger partial charge < -0.3 is 19.7 Å². The second-order valence-corrected chi connectivity index (χ2v) is 10.9. The van der Waals surface area contributed by atoms with Gasteiger partial charge in [-0.15, -0.1) is 0 Å². The summed E-state index contributed by atoms with van der Waals surface area (Å²) in [5, 5.41) is 12.8. The number of carbonyl (C=O) groups excluding carboxylic acids is 2. The average molecular weight is 572 g/mol. The minimum Gasteiger partial charge on any atom is -0.462 e. The quantitative estimate of drug-likeness (QED) is 0.179. The van der Waals surface area contributed by atoms with E-state index in [-0.39, 0.29) is 18.5 Å². The van der Waals surface area contributed by atoms with Gasteiger partial charge >= 0.3 is 12.1 Å². The molecule has 0 bridgehead atoms. The van der Waals surface area contributed by atoms with Crippen LogP contribution in [0.3, 0.4) is 0 Å². The van der Waals surface area contributed by atoms with Crippen LogP contribution in [0.1, 0.15) is 50.5 Å². The highest BCUT2D eigenvalue weighted by molar-refractivity contribution is 5.89. The van der Waals surface area contributed by atoms with E-state index in [1.807, 2.05) is 48.5 Å². The van der Waals surface area contributed by atoms with E-state index in [0.29, 0.717) is 43.7 Å². The summed E-state index contributed by atoms with van der Waals surface area (Å²) >= 11 is 0. The van der Waals surface area contributed by atoms with Crippen molar-refractivity contribution in [2.24, 2.45) is 0 Å². The summed E-state index contributed by atoms with van der Waals surface area (Å²) in [5.74, 6) is -0.302. The van der Waals surface area contributed by atoms with Crippen LogP contribution < -0.4 is 10.2 Å². The topological polar surface area (TPSA) is 91.7 Å². The van der Waals surface area contributed by atoms with Crippen molar-refractivity contribution in [2.45, 2.75) is 25.2 Å². The average Bonchev–Trinajstić information content (AvgIpc) is 3.60. The minimum atomic E-state index is -0.442. The van der Waals surface area contributed by atoms with Gasteiger partial charge in [0.25, 0.3) is 0 Å². The number of ether oxygens (including phenoxy) is 2. The Kier molecular flexibility index (Phi) is 8.37. The largest absolute Gasteiger partial charge is 0.462 e.